The van der Waals surface area contributed by atoms with Crippen LogP contribution in [0.4, 0.5) is 5.69 Å². The number of non-ortho nitro benzene ring substituents is 1. The molecule has 0 spiro atoms. The van der Waals surface area contributed by atoms with Gasteiger partial charge in [0.2, 0.25) is 0 Å². The molecule has 0 unspecified atom stereocenters. The number of thioether (sulfide) groups is 1. The van der Waals surface area contributed by atoms with E-state index in [2.05, 4.69) is 5.10 Å². The van der Waals surface area contributed by atoms with Crippen LogP contribution in [0.15, 0.2) is 29.1 Å². The molecule has 0 saturated carbocycles. The summed E-state index contributed by atoms with van der Waals surface area (Å²) < 4.78 is 1.44. The van der Waals surface area contributed by atoms with Crippen molar-refractivity contribution in [1.29, 1.82) is 0 Å². The fourth-order valence-electron chi connectivity index (χ4n) is 1.95. The molecule has 2 aromatic rings. The molecule has 0 aliphatic carbocycles. The van der Waals surface area contributed by atoms with Crippen LogP contribution in [0.3, 0.4) is 0 Å². The van der Waals surface area contributed by atoms with Crippen molar-refractivity contribution in [3.63, 3.8) is 0 Å². The van der Waals surface area contributed by atoms with Gasteiger partial charge in [0.1, 0.15) is 0 Å². The standard InChI is InChI=1S/C11H9N3O3S/c15-11-9-5-18-6-10(9)12-13(11)7-1-3-8(4-2-7)14(16)17/h1-4,12H,5-6H2. The number of nitrogens with one attached hydrogen (secondary N) is 1. The molecule has 2 heterocycles. The van der Waals surface area contributed by atoms with Crippen LogP contribution in [0.2, 0.25) is 0 Å². The molecule has 0 bridgehead atoms. The van der Waals surface area contributed by atoms with Crippen LogP contribution in [-0.4, -0.2) is 14.7 Å². The Kier molecular flexibility index (Phi) is 2.48. The summed E-state index contributed by atoms with van der Waals surface area (Å²) in [5.41, 5.74) is 2.32. The van der Waals surface area contributed by atoms with Gasteiger partial charge < -0.3 is 0 Å². The second-order valence-corrected chi connectivity index (χ2v) is 4.96. The minimum absolute atomic E-state index is 0.0152. The normalized spacial score (nSPS) is 13.6. The van der Waals surface area contributed by atoms with Gasteiger partial charge in [0.25, 0.3) is 11.2 Å². The summed E-state index contributed by atoms with van der Waals surface area (Å²) in [6, 6.07) is 5.92. The van der Waals surface area contributed by atoms with Crippen molar-refractivity contribution >= 4 is 17.4 Å². The lowest BCUT2D eigenvalue weighted by Crippen LogP contribution is -2.16. The number of aromatic amines is 1. The van der Waals surface area contributed by atoms with Gasteiger partial charge in [-0.2, -0.15) is 11.8 Å². The molecule has 0 amide bonds. The van der Waals surface area contributed by atoms with E-state index in [1.165, 1.54) is 16.8 Å². The third-order valence-electron chi connectivity index (χ3n) is 2.88. The summed E-state index contributed by atoms with van der Waals surface area (Å²) in [5.74, 6) is 1.54. The number of hydrogen-bond donors (Lipinski definition) is 1. The Morgan fingerprint density at radius 1 is 1.28 bits per heavy atom. The van der Waals surface area contributed by atoms with Crippen LogP contribution in [0.1, 0.15) is 11.3 Å². The Morgan fingerprint density at radius 2 is 2.00 bits per heavy atom. The molecule has 0 fully saturated rings. The maximum absolute atomic E-state index is 12.1. The van der Waals surface area contributed by atoms with E-state index in [9.17, 15) is 14.9 Å². The number of aromatic nitrogens is 2. The fourth-order valence-corrected chi connectivity index (χ4v) is 2.99. The van der Waals surface area contributed by atoms with Crippen LogP contribution >= 0.6 is 11.8 Å². The zero-order valence-corrected chi connectivity index (χ0v) is 10.1. The SMILES string of the molecule is O=c1c2c([nH]n1-c1ccc([N+](=O)[O-])cc1)CSC2. The van der Waals surface area contributed by atoms with Crippen molar-refractivity contribution in [1.82, 2.24) is 9.78 Å². The molecule has 92 valence electrons. The molecule has 1 N–H and O–H groups in total. The predicted molar refractivity (Wildman–Crippen MR) is 68.0 cm³/mol. The largest absolute Gasteiger partial charge is 0.294 e. The molecule has 18 heavy (non-hydrogen) atoms. The number of nitro groups is 1. The summed E-state index contributed by atoms with van der Waals surface area (Å²) in [4.78, 5) is 22.2. The van der Waals surface area contributed by atoms with E-state index in [1.54, 1.807) is 23.9 Å². The number of H-pyrrole nitrogens is 1. The van der Waals surface area contributed by atoms with Crippen molar-refractivity contribution < 1.29 is 4.92 Å². The van der Waals surface area contributed by atoms with E-state index in [1.807, 2.05) is 0 Å². The summed E-state index contributed by atoms with van der Waals surface area (Å²) in [5, 5.41) is 13.6. The van der Waals surface area contributed by atoms with E-state index in [-0.39, 0.29) is 11.2 Å². The first-order valence-corrected chi connectivity index (χ1v) is 6.47. The van der Waals surface area contributed by atoms with Crippen molar-refractivity contribution in [3.8, 4) is 5.69 Å². The number of fused-ring (bicyclic) bond motifs is 1. The molecule has 1 aliphatic heterocycles. The van der Waals surface area contributed by atoms with E-state index >= 15 is 0 Å². The number of nitrogens with zero attached hydrogens (tertiary/aromatic N) is 2. The van der Waals surface area contributed by atoms with Crippen molar-refractivity contribution in [3.05, 3.63) is 56.0 Å². The lowest BCUT2D eigenvalue weighted by atomic mass is 10.3. The quantitative estimate of drug-likeness (QED) is 0.662. The Morgan fingerprint density at radius 3 is 2.61 bits per heavy atom. The third-order valence-corrected chi connectivity index (χ3v) is 3.87. The van der Waals surface area contributed by atoms with Crippen molar-refractivity contribution in [2.24, 2.45) is 0 Å². The van der Waals surface area contributed by atoms with Gasteiger partial charge in [0, 0.05) is 23.6 Å². The minimum atomic E-state index is -0.460. The first-order valence-electron chi connectivity index (χ1n) is 5.32. The lowest BCUT2D eigenvalue weighted by Gasteiger charge is -2.01. The molecule has 0 saturated heterocycles. The molecule has 6 nitrogen and oxygen atoms in total. The number of hydrogen-bond acceptors (Lipinski definition) is 4. The Bertz CT molecular complexity index is 672. The first-order chi connectivity index (χ1) is 8.66. The molecule has 0 radical (unpaired) electrons. The monoisotopic (exact) mass is 263 g/mol. The molecule has 1 aromatic carbocycles. The summed E-state index contributed by atoms with van der Waals surface area (Å²) in [7, 11) is 0. The van der Waals surface area contributed by atoms with Gasteiger partial charge in [-0.25, -0.2) is 4.68 Å². The Hall–Kier alpha value is -2.02. The summed E-state index contributed by atoms with van der Waals surface area (Å²) in [6.07, 6.45) is 0. The van der Waals surface area contributed by atoms with Crippen molar-refractivity contribution in [2.75, 3.05) is 0 Å². The minimum Gasteiger partial charge on any atom is -0.294 e. The maximum Gasteiger partial charge on any atom is 0.275 e. The van der Waals surface area contributed by atoms with Gasteiger partial charge >= 0.3 is 0 Å². The van der Waals surface area contributed by atoms with Gasteiger partial charge in [0.05, 0.1) is 21.9 Å². The van der Waals surface area contributed by atoms with Crippen LogP contribution in [0, 0.1) is 10.1 Å². The van der Waals surface area contributed by atoms with Gasteiger partial charge in [-0.15, -0.1) is 0 Å². The highest BCUT2D eigenvalue weighted by Gasteiger charge is 2.20. The third kappa shape index (κ3) is 1.63. The van der Waals surface area contributed by atoms with E-state index in [0.717, 1.165) is 22.8 Å². The molecule has 1 aromatic heterocycles. The summed E-state index contributed by atoms with van der Waals surface area (Å²) in [6.45, 7) is 0. The topological polar surface area (TPSA) is 80.9 Å². The van der Waals surface area contributed by atoms with Crippen LogP contribution in [-0.2, 0) is 11.5 Å². The molecule has 7 heteroatoms. The summed E-state index contributed by atoms with van der Waals surface area (Å²) >= 11 is 1.70. The van der Waals surface area contributed by atoms with E-state index < -0.39 is 4.92 Å². The second kappa shape index (κ2) is 4.02. The van der Waals surface area contributed by atoms with Crippen LogP contribution in [0.25, 0.3) is 5.69 Å². The highest BCUT2D eigenvalue weighted by Crippen LogP contribution is 2.26. The van der Waals surface area contributed by atoms with Gasteiger partial charge in [-0.1, -0.05) is 0 Å². The zero-order valence-electron chi connectivity index (χ0n) is 9.25. The Labute approximate surface area is 106 Å². The van der Waals surface area contributed by atoms with Crippen molar-refractivity contribution in [2.45, 2.75) is 11.5 Å². The highest BCUT2D eigenvalue weighted by molar-refractivity contribution is 7.98. The average molecular weight is 263 g/mol. The lowest BCUT2D eigenvalue weighted by molar-refractivity contribution is -0.384. The molecule has 3 rings (SSSR count). The first kappa shape index (κ1) is 11.1. The maximum atomic E-state index is 12.1. The van der Waals surface area contributed by atoms with Gasteiger partial charge in [-0.05, 0) is 12.1 Å². The molecular weight excluding hydrogens is 254 g/mol. The fraction of sp³-hybridized carbons (Fsp3) is 0.182. The van der Waals surface area contributed by atoms with Crippen LogP contribution < -0.4 is 5.56 Å². The zero-order chi connectivity index (χ0) is 12.7. The molecule has 0 atom stereocenters. The number of nitro benzene ring substituents is 1. The number of rotatable bonds is 2. The average Bonchev–Trinajstić information content (AvgIpc) is 2.93. The van der Waals surface area contributed by atoms with E-state index in [0.29, 0.717) is 5.69 Å². The Balaban J connectivity index is 2.05. The van der Waals surface area contributed by atoms with Gasteiger partial charge in [-0.3, -0.25) is 20.0 Å². The highest BCUT2D eigenvalue weighted by atomic mass is 32.2. The van der Waals surface area contributed by atoms with E-state index in [4.69, 9.17) is 0 Å². The second-order valence-electron chi connectivity index (χ2n) is 3.98. The number of benzene rings is 1. The predicted octanol–water partition coefficient (Wildman–Crippen LogP) is 1.82. The smallest absolute Gasteiger partial charge is 0.275 e. The van der Waals surface area contributed by atoms with Crippen LogP contribution in [0.5, 0.6) is 0 Å². The molecular formula is C11H9N3O3S. The molecule has 1 aliphatic rings. The van der Waals surface area contributed by atoms with Gasteiger partial charge in [0.15, 0.2) is 0 Å².